The number of piperazine rings is 1. The molecular formula is C23H43N3O. The molecule has 0 aliphatic carbocycles. The van der Waals surface area contributed by atoms with Crippen LogP contribution in [0.4, 0.5) is 0 Å². The molecule has 27 heavy (non-hydrogen) atoms. The van der Waals surface area contributed by atoms with Crippen molar-refractivity contribution in [2.75, 3.05) is 45.8 Å². The van der Waals surface area contributed by atoms with E-state index in [0.29, 0.717) is 12.3 Å². The Bertz CT molecular complexity index is 499. The van der Waals surface area contributed by atoms with E-state index in [1.54, 1.807) is 0 Å². The molecule has 4 nitrogen and oxygen atoms in total. The Kier molecular flexibility index (Phi) is 7.18. The van der Waals surface area contributed by atoms with Crippen molar-refractivity contribution in [2.24, 2.45) is 10.8 Å². The smallest absolute Gasteiger partial charge is 0.222 e. The zero-order valence-electron chi connectivity index (χ0n) is 18.8. The maximum absolute atomic E-state index is 12.6. The lowest BCUT2D eigenvalue weighted by molar-refractivity contribution is -0.134. The summed E-state index contributed by atoms with van der Waals surface area (Å²) in [6.45, 7) is 25.2. The average Bonchev–Trinajstić information content (AvgIpc) is 2.60. The molecule has 2 saturated heterocycles. The molecule has 0 aromatic rings. The molecule has 2 aliphatic rings. The van der Waals surface area contributed by atoms with Crippen LogP contribution >= 0.6 is 0 Å². The summed E-state index contributed by atoms with van der Waals surface area (Å²) in [5.41, 5.74) is 0.639. The normalized spacial score (nSPS) is 22.7. The summed E-state index contributed by atoms with van der Waals surface area (Å²) in [5.74, 6) is 0.342. The van der Waals surface area contributed by atoms with E-state index in [9.17, 15) is 4.79 Å². The fraction of sp³-hybridized carbons (Fsp3) is 0.870. The van der Waals surface area contributed by atoms with Gasteiger partial charge in [-0.3, -0.25) is 9.69 Å². The van der Waals surface area contributed by atoms with Crippen LogP contribution in [0, 0.1) is 10.8 Å². The van der Waals surface area contributed by atoms with Crippen LogP contribution in [0.1, 0.15) is 67.2 Å². The highest BCUT2D eigenvalue weighted by atomic mass is 16.2. The van der Waals surface area contributed by atoms with E-state index in [0.717, 1.165) is 65.1 Å². The van der Waals surface area contributed by atoms with Crippen LogP contribution in [-0.4, -0.2) is 72.0 Å². The second-order valence-electron chi connectivity index (χ2n) is 10.6. The standard InChI is InChI=1S/C23H43N3O/c1-8-23(21(2,3)4)11-14-25(15-12-23)20(27)10-9-13-24-16-18-26(19-17-24)22(5,6)7/h8H,1,9-19H2,2-7H3. The molecule has 0 spiro atoms. The van der Waals surface area contributed by atoms with Gasteiger partial charge >= 0.3 is 0 Å². The van der Waals surface area contributed by atoms with Crippen LogP contribution in [-0.2, 0) is 4.79 Å². The van der Waals surface area contributed by atoms with Gasteiger partial charge in [-0.05, 0) is 57.4 Å². The lowest BCUT2D eigenvalue weighted by Gasteiger charge is -2.48. The van der Waals surface area contributed by atoms with Crippen LogP contribution in [0.2, 0.25) is 0 Å². The third-order valence-electron chi connectivity index (χ3n) is 7.08. The first-order valence-electron chi connectivity index (χ1n) is 10.9. The van der Waals surface area contributed by atoms with E-state index < -0.39 is 0 Å². The number of hydrogen-bond acceptors (Lipinski definition) is 3. The zero-order valence-corrected chi connectivity index (χ0v) is 18.8. The lowest BCUT2D eigenvalue weighted by atomic mass is 9.61. The van der Waals surface area contributed by atoms with Crippen molar-refractivity contribution in [3.05, 3.63) is 12.7 Å². The molecule has 2 fully saturated rings. The average molecular weight is 378 g/mol. The number of nitrogens with zero attached hydrogens (tertiary/aromatic N) is 3. The topological polar surface area (TPSA) is 26.8 Å². The maximum Gasteiger partial charge on any atom is 0.222 e. The Balaban J connectivity index is 1.70. The van der Waals surface area contributed by atoms with Gasteiger partial charge in [-0.2, -0.15) is 0 Å². The van der Waals surface area contributed by atoms with Crippen molar-refractivity contribution < 1.29 is 4.79 Å². The van der Waals surface area contributed by atoms with Crippen LogP contribution in [0.15, 0.2) is 12.7 Å². The van der Waals surface area contributed by atoms with Crippen molar-refractivity contribution in [3.8, 4) is 0 Å². The Morgan fingerprint density at radius 1 is 0.963 bits per heavy atom. The van der Waals surface area contributed by atoms with E-state index >= 15 is 0 Å². The molecule has 2 rings (SSSR count). The largest absolute Gasteiger partial charge is 0.343 e. The van der Waals surface area contributed by atoms with Gasteiger partial charge in [-0.1, -0.05) is 26.8 Å². The molecule has 0 aromatic carbocycles. The Morgan fingerprint density at radius 2 is 1.52 bits per heavy atom. The molecule has 0 unspecified atom stereocenters. The third-order valence-corrected chi connectivity index (χ3v) is 7.08. The minimum Gasteiger partial charge on any atom is -0.343 e. The van der Waals surface area contributed by atoms with Gasteiger partial charge in [-0.25, -0.2) is 0 Å². The number of carbonyl (C=O) groups is 1. The number of piperidine rings is 1. The van der Waals surface area contributed by atoms with E-state index in [-0.39, 0.29) is 16.4 Å². The van der Waals surface area contributed by atoms with Gasteiger partial charge in [0.2, 0.25) is 5.91 Å². The predicted molar refractivity (Wildman–Crippen MR) is 115 cm³/mol. The van der Waals surface area contributed by atoms with Crippen molar-refractivity contribution in [2.45, 2.75) is 72.8 Å². The summed E-state index contributed by atoms with van der Waals surface area (Å²) in [5, 5.41) is 0. The first-order valence-corrected chi connectivity index (χ1v) is 10.9. The van der Waals surface area contributed by atoms with Crippen molar-refractivity contribution in [1.29, 1.82) is 0 Å². The zero-order chi connectivity index (χ0) is 20.3. The van der Waals surface area contributed by atoms with E-state index in [1.165, 1.54) is 0 Å². The molecule has 0 radical (unpaired) electrons. The van der Waals surface area contributed by atoms with E-state index in [2.05, 4.69) is 68.9 Å². The highest BCUT2D eigenvalue weighted by Gasteiger charge is 2.42. The van der Waals surface area contributed by atoms with Crippen molar-refractivity contribution >= 4 is 5.91 Å². The summed E-state index contributed by atoms with van der Waals surface area (Å²) in [6, 6.07) is 0. The Labute approximate surface area is 168 Å². The molecule has 2 aliphatic heterocycles. The third kappa shape index (κ3) is 5.57. The monoisotopic (exact) mass is 377 g/mol. The van der Waals surface area contributed by atoms with Crippen LogP contribution < -0.4 is 0 Å². The maximum atomic E-state index is 12.6. The number of amides is 1. The van der Waals surface area contributed by atoms with Crippen LogP contribution in [0.5, 0.6) is 0 Å². The fourth-order valence-electron chi connectivity index (χ4n) is 4.67. The van der Waals surface area contributed by atoms with Gasteiger partial charge in [0, 0.05) is 51.2 Å². The lowest BCUT2D eigenvalue weighted by Crippen LogP contribution is -2.53. The predicted octanol–water partition coefficient (Wildman–Crippen LogP) is 4.02. The van der Waals surface area contributed by atoms with Crippen molar-refractivity contribution in [3.63, 3.8) is 0 Å². The molecule has 1 amide bonds. The first kappa shape index (κ1) is 22.4. The minimum absolute atomic E-state index is 0.163. The summed E-state index contributed by atoms with van der Waals surface area (Å²) in [7, 11) is 0. The molecule has 0 N–H and O–H groups in total. The first-order chi connectivity index (χ1) is 12.5. The molecular weight excluding hydrogens is 334 g/mol. The summed E-state index contributed by atoms with van der Waals surface area (Å²) < 4.78 is 0. The Morgan fingerprint density at radius 3 is 1.96 bits per heavy atom. The highest BCUT2D eigenvalue weighted by molar-refractivity contribution is 5.76. The van der Waals surface area contributed by atoms with Gasteiger partial charge in [0.1, 0.15) is 0 Å². The second kappa shape index (κ2) is 8.65. The summed E-state index contributed by atoms with van der Waals surface area (Å²) in [4.78, 5) is 19.8. The highest BCUT2D eigenvalue weighted by Crippen LogP contribution is 2.47. The summed E-state index contributed by atoms with van der Waals surface area (Å²) in [6.07, 6.45) is 5.90. The van der Waals surface area contributed by atoms with Gasteiger partial charge in [0.15, 0.2) is 0 Å². The number of allylic oxidation sites excluding steroid dienone is 1. The summed E-state index contributed by atoms with van der Waals surface area (Å²) >= 11 is 0. The van der Waals surface area contributed by atoms with Crippen molar-refractivity contribution in [1.82, 2.24) is 14.7 Å². The molecule has 0 bridgehead atoms. The number of likely N-dealkylation sites (tertiary alicyclic amines) is 1. The molecule has 0 saturated carbocycles. The van der Waals surface area contributed by atoms with Gasteiger partial charge in [-0.15, -0.1) is 6.58 Å². The van der Waals surface area contributed by atoms with Gasteiger partial charge in [0.05, 0.1) is 0 Å². The number of carbonyl (C=O) groups excluding carboxylic acids is 1. The van der Waals surface area contributed by atoms with Gasteiger partial charge in [0.25, 0.3) is 0 Å². The van der Waals surface area contributed by atoms with Gasteiger partial charge < -0.3 is 9.80 Å². The molecule has 4 heteroatoms. The van der Waals surface area contributed by atoms with Crippen LogP contribution in [0.3, 0.4) is 0 Å². The quantitative estimate of drug-likeness (QED) is 0.677. The van der Waals surface area contributed by atoms with Crippen LogP contribution in [0.25, 0.3) is 0 Å². The fourth-order valence-corrected chi connectivity index (χ4v) is 4.67. The molecule has 2 heterocycles. The Hall–Kier alpha value is -0.870. The molecule has 0 atom stereocenters. The number of hydrogen-bond donors (Lipinski definition) is 0. The number of rotatable bonds is 5. The minimum atomic E-state index is 0.163. The molecule has 156 valence electrons. The SMILES string of the molecule is C=CC1(C(C)(C)C)CCN(C(=O)CCCN2CCN(C(C)(C)C)CC2)CC1. The second-order valence-corrected chi connectivity index (χ2v) is 10.6. The van der Waals surface area contributed by atoms with E-state index in [4.69, 9.17) is 0 Å². The molecule has 0 aromatic heterocycles. The van der Waals surface area contributed by atoms with E-state index in [1.807, 2.05) is 0 Å².